The molecule has 0 saturated heterocycles. The smallest absolute Gasteiger partial charge is 0.261 e. The van der Waals surface area contributed by atoms with Crippen LogP contribution in [0.5, 0.6) is 0 Å². The predicted octanol–water partition coefficient (Wildman–Crippen LogP) is 1.82. The summed E-state index contributed by atoms with van der Waals surface area (Å²) in [6.45, 7) is 7.97. The van der Waals surface area contributed by atoms with Crippen molar-refractivity contribution in [1.82, 2.24) is 10.2 Å². The molecule has 0 unspecified atom stereocenters. The summed E-state index contributed by atoms with van der Waals surface area (Å²) in [5.74, 6) is 0.0390. The zero-order chi connectivity index (χ0) is 11.1. The van der Waals surface area contributed by atoms with Crippen molar-refractivity contribution in [3.8, 4) is 0 Å². The van der Waals surface area contributed by atoms with Gasteiger partial charge in [0.25, 0.3) is 5.91 Å². The van der Waals surface area contributed by atoms with Crippen LogP contribution >= 0.6 is 11.3 Å². The predicted molar refractivity (Wildman–Crippen MR) is 64.4 cm³/mol. The highest BCUT2D eigenvalue weighted by Gasteiger charge is 2.05. The molecule has 0 radical (unpaired) electrons. The van der Waals surface area contributed by atoms with Gasteiger partial charge in [0.05, 0.1) is 4.88 Å². The molecular weight excluding hydrogens is 208 g/mol. The average molecular weight is 226 g/mol. The van der Waals surface area contributed by atoms with Crippen LogP contribution in [0.25, 0.3) is 0 Å². The molecule has 0 spiro atoms. The Bertz CT molecular complexity index is 281. The first kappa shape index (κ1) is 12.2. The summed E-state index contributed by atoms with van der Waals surface area (Å²) < 4.78 is 0. The molecule has 1 amide bonds. The fourth-order valence-electron chi connectivity index (χ4n) is 1.36. The second kappa shape index (κ2) is 6.58. The van der Waals surface area contributed by atoms with Crippen molar-refractivity contribution in [3.63, 3.8) is 0 Å². The van der Waals surface area contributed by atoms with E-state index in [0.717, 1.165) is 31.1 Å². The van der Waals surface area contributed by atoms with Crippen LogP contribution in [0.4, 0.5) is 0 Å². The van der Waals surface area contributed by atoms with Crippen LogP contribution in [0.2, 0.25) is 0 Å². The Morgan fingerprint density at radius 1 is 1.47 bits per heavy atom. The Morgan fingerprint density at radius 3 is 2.73 bits per heavy atom. The van der Waals surface area contributed by atoms with Gasteiger partial charge in [-0.1, -0.05) is 19.9 Å². The maximum Gasteiger partial charge on any atom is 0.261 e. The first-order valence-electron chi connectivity index (χ1n) is 5.32. The summed E-state index contributed by atoms with van der Waals surface area (Å²) >= 11 is 1.48. The lowest BCUT2D eigenvalue weighted by molar-refractivity contribution is 0.0953. The SMILES string of the molecule is CCN(CC)CCNC(=O)c1cccs1. The number of hydrogen-bond acceptors (Lipinski definition) is 3. The molecule has 84 valence electrons. The Kier molecular flexibility index (Phi) is 5.36. The number of carbonyl (C=O) groups excluding carboxylic acids is 1. The maximum atomic E-state index is 11.5. The molecule has 0 atom stereocenters. The van der Waals surface area contributed by atoms with Crippen molar-refractivity contribution in [2.24, 2.45) is 0 Å². The van der Waals surface area contributed by atoms with E-state index in [1.807, 2.05) is 17.5 Å². The summed E-state index contributed by atoms with van der Waals surface area (Å²) in [5.41, 5.74) is 0. The van der Waals surface area contributed by atoms with E-state index in [0.29, 0.717) is 0 Å². The minimum Gasteiger partial charge on any atom is -0.350 e. The third-order valence-corrected chi connectivity index (χ3v) is 3.22. The number of nitrogens with zero attached hydrogens (tertiary/aromatic N) is 1. The lowest BCUT2D eigenvalue weighted by Gasteiger charge is -2.17. The number of carbonyl (C=O) groups is 1. The molecular formula is C11H18N2OS. The Morgan fingerprint density at radius 2 is 2.20 bits per heavy atom. The highest BCUT2D eigenvalue weighted by Crippen LogP contribution is 2.07. The molecule has 1 aromatic rings. The van der Waals surface area contributed by atoms with E-state index in [1.54, 1.807) is 0 Å². The van der Waals surface area contributed by atoms with Gasteiger partial charge in [-0.05, 0) is 24.5 Å². The maximum absolute atomic E-state index is 11.5. The lowest BCUT2D eigenvalue weighted by Crippen LogP contribution is -2.34. The van der Waals surface area contributed by atoms with Gasteiger partial charge in [-0.3, -0.25) is 4.79 Å². The first-order chi connectivity index (χ1) is 7.27. The molecule has 1 heterocycles. The van der Waals surface area contributed by atoms with Crippen molar-refractivity contribution in [2.45, 2.75) is 13.8 Å². The standard InChI is InChI=1S/C11H18N2OS/c1-3-13(4-2)8-7-12-11(14)10-6-5-9-15-10/h5-6,9H,3-4,7-8H2,1-2H3,(H,12,14). The molecule has 0 fully saturated rings. The third-order valence-electron chi connectivity index (χ3n) is 2.35. The molecule has 0 saturated carbocycles. The molecule has 1 rings (SSSR count). The van der Waals surface area contributed by atoms with E-state index in [-0.39, 0.29) is 5.91 Å². The molecule has 0 aliphatic rings. The number of hydrogen-bond donors (Lipinski definition) is 1. The first-order valence-corrected chi connectivity index (χ1v) is 6.20. The Balaban J connectivity index is 2.23. The summed E-state index contributed by atoms with van der Waals surface area (Å²) in [5, 5.41) is 4.83. The van der Waals surface area contributed by atoms with Crippen LogP contribution in [0.15, 0.2) is 17.5 Å². The molecule has 0 aliphatic carbocycles. The molecule has 1 aromatic heterocycles. The van der Waals surface area contributed by atoms with E-state index in [9.17, 15) is 4.79 Å². The van der Waals surface area contributed by atoms with Gasteiger partial charge in [0, 0.05) is 13.1 Å². The summed E-state index contributed by atoms with van der Waals surface area (Å²) in [6.07, 6.45) is 0. The van der Waals surface area contributed by atoms with Gasteiger partial charge in [-0.25, -0.2) is 0 Å². The number of likely N-dealkylation sites (N-methyl/N-ethyl adjacent to an activating group) is 1. The quantitative estimate of drug-likeness (QED) is 0.802. The Labute approximate surface area is 95.1 Å². The van der Waals surface area contributed by atoms with Crippen LogP contribution in [-0.2, 0) is 0 Å². The largest absolute Gasteiger partial charge is 0.350 e. The van der Waals surface area contributed by atoms with E-state index in [1.165, 1.54) is 11.3 Å². The van der Waals surface area contributed by atoms with Gasteiger partial charge in [0.1, 0.15) is 0 Å². The second-order valence-electron chi connectivity index (χ2n) is 3.26. The van der Waals surface area contributed by atoms with Crippen LogP contribution in [0.1, 0.15) is 23.5 Å². The summed E-state index contributed by atoms with van der Waals surface area (Å²) in [6, 6.07) is 3.74. The second-order valence-corrected chi connectivity index (χ2v) is 4.21. The van der Waals surface area contributed by atoms with Crippen LogP contribution in [0.3, 0.4) is 0 Å². The number of rotatable bonds is 6. The minimum atomic E-state index is 0.0390. The molecule has 4 heteroatoms. The summed E-state index contributed by atoms with van der Waals surface area (Å²) in [4.78, 5) is 14.6. The summed E-state index contributed by atoms with van der Waals surface area (Å²) in [7, 11) is 0. The van der Waals surface area contributed by atoms with Crippen molar-refractivity contribution in [2.75, 3.05) is 26.2 Å². The van der Waals surface area contributed by atoms with Gasteiger partial charge in [0.15, 0.2) is 0 Å². The van der Waals surface area contributed by atoms with Gasteiger partial charge in [-0.2, -0.15) is 0 Å². The Hall–Kier alpha value is -0.870. The molecule has 1 N–H and O–H groups in total. The van der Waals surface area contributed by atoms with E-state index < -0.39 is 0 Å². The highest BCUT2D eigenvalue weighted by molar-refractivity contribution is 7.12. The van der Waals surface area contributed by atoms with E-state index >= 15 is 0 Å². The van der Waals surface area contributed by atoms with Crippen molar-refractivity contribution in [3.05, 3.63) is 22.4 Å². The molecule has 0 bridgehead atoms. The van der Waals surface area contributed by atoms with Gasteiger partial charge >= 0.3 is 0 Å². The van der Waals surface area contributed by atoms with E-state index in [4.69, 9.17) is 0 Å². The zero-order valence-corrected chi connectivity index (χ0v) is 10.1. The van der Waals surface area contributed by atoms with Gasteiger partial charge in [0.2, 0.25) is 0 Å². The van der Waals surface area contributed by atoms with Crippen LogP contribution in [0, 0.1) is 0 Å². The van der Waals surface area contributed by atoms with E-state index in [2.05, 4.69) is 24.1 Å². The van der Waals surface area contributed by atoms with Crippen molar-refractivity contribution < 1.29 is 4.79 Å². The van der Waals surface area contributed by atoms with Gasteiger partial charge < -0.3 is 10.2 Å². The monoisotopic (exact) mass is 226 g/mol. The third kappa shape index (κ3) is 4.01. The van der Waals surface area contributed by atoms with Gasteiger partial charge in [-0.15, -0.1) is 11.3 Å². The minimum absolute atomic E-state index is 0.0390. The van der Waals surface area contributed by atoms with Crippen molar-refractivity contribution in [1.29, 1.82) is 0 Å². The molecule has 15 heavy (non-hydrogen) atoms. The fraction of sp³-hybridized carbons (Fsp3) is 0.545. The molecule has 3 nitrogen and oxygen atoms in total. The van der Waals surface area contributed by atoms with Crippen LogP contribution < -0.4 is 5.32 Å². The lowest BCUT2D eigenvalue weighted by atomic mass is 10.4. The molecule has 0 aliphatic heterocycles. The fourth-order valence-corrected chi connectivity index (χ4v) is 2.00. The topological polar surface area (TPSA) is 32.3 Å². The normalized spacial score (nSPS) is 10.6. The van der Waals surface area contributed by atoms with Crippen LogP contribution in [-0.4, -0.2) is 37.0 Å². The van der Waals surface area contributed by atoms with Crippen molar-refractivity contribution >= 4 is 17.2 Å². The zero-order valence-electron chi connectivity index (χ0n) is 9.32. The highest BCUT2D eigenvalue weighted by atomic mass is 32.1. The number of nitrogens with one attached hydrogen (secondary N) is 1. The average Bonchev–Trinajstić information content (AvgIpc) is 2.77. The number of amides is 1. The number of thiophene rings is 1. The molecule has 0 aromatic carbocycles.